The van der Waals surface area contributed by atoms with E-state index in [1.807, 2.05) is 49.4 Å². The topological polar surface area (TPSA) is 35.2 Å². The zero-order chi connectivity index (χ0) is 13.8. The molecule has 19 heavy (non-hydrogen) atoms. The molecule has 0 aromatic heterocycles. The maximum atomic E-state index is 6.11. The molecule has 3 heteroatoms. The molecular weight excluding hydrogens is 258 g/mol. The fraction of sp³-hybridized carbons (Fsp3) is 0.250. The summed E-state index contributed by atoms with van der Waals surface area (Å²) in [5.41, 5.74) is 8.14. The van der Waals surface area contributed by atoms with Gasteiger partial charge < -0.3 is 10.5 Å². The van der Waals surface area contributed by atoms with Crippen molar-refractivity contribution in [3.05, 3.63) is 58.6 Å². The smallest absolute Gasteiger partial charge is 0.132 e. The molecule has 0 aliphatic carbocycles. The Bertz CT molecular complexity index is 568. The highest BCUT2D eigenvalue weighted by Crippen LogP contribution is 2.32. The molecule has 0 amide bonds. The minimum Gasteiger partial charge on any atom is -0.457 e. The summed E-state index contributed by atoms with van der Waals surface area (Å²) in [6.45, 7) is 4.04. The highest BCUT2D eigenvalue weighted by molar-refractivity contribution is 6.30. The first-order valence-corrected chi connectivity index (χ1v) is 6.78. The molecule has 0 spiro atoms. The first-order chi connectivity index (χ1) is 9.11. The molecule has 2 nitrogen and oxygen atoms in total. The highest BCUT2D eigenvalue weighted by atomic mass is 35.5. The monoisotopic (exact) mass is 275 g/mol. The molecule has 0 saturated carbocycles. The van der Waals surface area contributed by atoms with Crippen molar-refractivity contribution in [1.82, 2.24) is 0 Å². The third kappa shape index (κ3) is 3.28. The Morgan fingerprint density at radius 2 is 1.89 bits per heavy atom. The van der Waals surface area contributed by atoms with Crippen LogP contribution in [0.5, 0.6) is 11.5 Å². The van der Waals surface area contributed by atoms with Gasteiger partial charge in [-0.1, -0.05) is 36.7 Å². The molecule has 0 saturated heterocycles. The second-order valence-electron chi connectivity index (χ2n) is 4.56. The summed E-state index contributed by atoms with van der Waals surface area (Å²) in [6.07, 6.45) is 0.875. The lowest BCUT2D eigenvalue weighted by molar-refractivity contribution is 0.465. The van der Waals surface area contributed by atoms with E-state index in [1.54, 1.807) is 0 Å². The Kier molecular flexibility index (Phi) is 4.46. The van der Waals surface area contributed by atoms with Crippen LogP contribution in [-0.2, 0) is 0 Å². The second-order valence-corrected chi connectivity index (χ2v) is 5.00. The number of aryl methyl sites for hydroxylation is 1. The SMILES string of the molecule is CCC(N)c1ccccc1Oc1ccc(Cl)cc1C. The van der Waals surface area contributed by atoms with E-state index in [0.717, 1.165) is 29.0 Å². The number of para-hydroxylation sites is 1. The van der Waals surface area contributed by atoms with E-state index in [2.05, 4.69) is 6.92 Å². The maximum absolute atomic E-state index is 6.11. The van der Waals surface area contributed by atoms with Crippen LogP contribution >= 0.6 is 11.6 Å². The zero-order valence-corrected chi connectivity index (χ0v) is 11.9. The van der Waals surface area contributed by atoms with Gasteiger partial charge in [-0.05, 0) is 43.2 Å². The molecule has 1 unspecified atom stereocenters. The molecule has 0 radical (unpaired) electrons. The normalized spacial score (nSPS) is 12.2. The van der Waals surface area contributed by atoms with Gasteiger partial charge >= 0.3 is 0 Å². The van der Waals surface area contributed by atoms with Crippen LogP contribution in [0.15, 0.2) is 42.5 Å². The molecule has 0 fully saturated rings. The molecule has 2 aromatic rings. The number of ether oxygens (including phenoxy) is 1. The fourth-order valence-electron chi connectivity index (χ4n) is 1.95. The lowest BCUT2D eigenvalue weighted by atomic mass is 10.0. The van der Waals surface area contributed by atoms with Crippen molar-refractivity contribution in [2.75, 3.05) is 0 Å². The largest absolute Gasteiger partial charge is 0.457 e. The van der Waals surface area contributed by atoms with Crippen LogP contribution < -0.4 is 10.5 Å². The molecule has 1 atom stereocenters. The van der Waals surface area contributed by atoms with E-state index in [4.69, 9.17) is 22.1 Å². The van der Waals surface area contributed by atoms with Gasteiger partial charge in [0.2, 0.25) is 0 Å². The Balaban J connectivity index is 2.33. The molecule has 2 rings (SSSR count). The third-order valence-corrected chi connectivity index (χ3v) is 3.35. The summed E-state index contributed by atoms with van der Waals surface area (Å²) in [5.74, 6) is 1.61. The van der Waals surface area contributed by atoms with E-state index in [1.165, 1.54) is 0 Å². The predicted molar refractivity (Wildman–Crippen MR) is 79.9 cm³/mol. The lowest BCUT2D eigenvalue weighted by Gasteiger charge is -2.16. The second kappa shape index (κ2) is 6.09. The van der Waals surface area contributed by atoms with Crippen LogP contribution in [0.4, 0.5) is 0 Å². The minimum atomic E-state index is -0.0104. The number of benzene rings is 2. The number of hydrogen-bond donors (Lipinski definition) is 1. The number of nitrogens with two attached hydrogens (primary N) is 1. The Morgan fingerprint density at radius 3 is 2.58 bits per heavy atom. The standard InChI is InChI=1S/C16H18ClNO/c1-3-14(18)13-6-4-5-7-16(13)19-15-9-8-12(17)10-11(15)2/h4-10,14H,3,18H2,1-2H3. The van der Waals surface area contributed by atoms with Crippen molar-refractivity contribution in [2.24, 2.45) is 5.73 Å². The molecule has 2 N–H and O–H groups in total. The number of rotatable bonds is 4. The fourth-order valence-corrected chi connectivity index (χ4v) is 2.17. The molecule has 2 aromatic carbocycles. The summed E-state index contributed by atoms with van der Waals surface area (Å²) in [6, 6.07) is 13.5. The van der Waals surface area contributed by atoms with Gasteiger partial charge in [-0.15, -0.1) is 0 Å². The molecular formula is C16H18ClNO. The van der Waals surface area contributed by atoms with E-state index >= 15 is 0 Å². The van der Waals surface area contributed by atoms with Crippen molar-refractivity contribution >= 4 is 11.6 Å². The number of hydrogen-bond acceptors (Lipinski definition) is 2. The van der Waals surface area contributed by atoms with Crippen LogP contribution in [0.1, 0.15) is 30.5 Å². The van der Waals surface area contributed by atoms with Crippen molar-refractivity contribution in [3.8, 4) is 11.5 Å². The van der Waals surface area contributed by atoms with E-state index < -0.39 is 0 Å². The van der Waals surface area contributed by atoms with Gasteiger partial charge in [-0.2, -0.15) is 0 Å². The minimum absolute atomic E-state index is 0.0104. The van der Waals surface area contributed by atoms with Crippen LogP contribution in [-0.4, -0.2) is 0 Å². The van der Waals surface area contributed by atoms with E-state index in [9.17, 15) is 0 Å². The molecule has 0 heterocycles. The Hall–Kier alpha value is -1.51. The predicted octanol–water partition coefficient (Wildman–Crippen LogP) is 4.85. The average molecular weight is 276 g/mol. The molecule has 0 aliphatic heterocycles. The lowest BCUT2D eigenvalue weighted by Crippen LogP contribution is -2.09. The highest BCUT2D eigenvalue weighted by Gasteiger charge is 2.11. The summed E-state index contributed by atoms with van der Waals surface area (Å²) >= 11 is 5.95. The van der Waals surface area contributed by atoms with Gasteiger partial charge in [0, 0.05) is 16.6 Å². The van der Waals surface area contributed by atoms with Crippen molar-refractivity contribution < 1.29 is 4.74 Å². The first-order valence-electron chi connectivity index (χ1n) is 6.40. The van der Waals surface area contributed by atoms with Crippen LogP contribution in [0, 0.1) is 6.92 Å². The molecule has 0 aliphatic rings. The van der Waals surface area contributed by atoms with Gasteiger partial charge in [0.25, 0.3) is 0 Å². The van der Waals surface area contributed by atoms with E-state index in [-0.39, 0.29) is 6.04 Å². The van der Waals surface area contributed by atoms with Crippen LogP contribution in [0.3, 0.4) is 0 Å². The van der Waals surface area contributed by atoms with Gasteiger partial charge in [-0.25, -0.2) is 0 Å². The van der Waals surface area contributed by atoms with Gasteiger partial charge in [-0.3, -0.25) is 0 Å². The van der Waals surface area contributed by atoms with E-state index in [0.29, 0.717) is 5.02 Å². The Morgan fingerprint density at radius 1 is 1.16 bits per heavy atom. The molecule has 100 valence electrons. The molecule has 0 bridgehead atoms. The van der Waals surface area contributed by atoms with Gasteiger partial charge in [0.15, 0.2) is 0 Å². The number of halogens is 1. The summed E-state index contributed by atoms with van der Waals surface area (Å²) < 4.78 is 5.98. The van der Waals surface area contributed by atoms with Crippen LogP contribution in [0.25, 0.3) is 0 Å². The van der Waals surface area contributed by atoms with Crippen LogP contribution in [0.2, 0.25) is 5.02 Å². The van der Waals surface area contributed by atoms with Crippen molar-refractivity contribution in [2.45, 2.75) is 26.3 Å². The van der Waals surface area contributed by atoms with Crippen molar-refractivity contribution in [1.29, 1.82) is 0 Å². The average Bonchev–Trinajstić information content (AvgIpc) is 2.41. The Labute approximate surface area is 119 Å². The zero-order valence-electron chi connectivity index (χ0n) is 11.2. The summed E-state index contributed by atoms with van der Waals surface area (Å²) in [7, 11) is 0. The first kappa shape index (κ1) is 13.9. The van der Waals surface area contributed by atoms with Gasteiger partial charge in [0.1, 0.15) is 11.5 Å². The van der Waals surface area contributed by atoms with Gasteiger partial charge in [0.05, 0.1) is 0 Å². The third-order valence-electron chi connectivity index (χ3n) is 3.12. The summed E-state index contributed by atoms with van der Waals surface area (Å²) in [4.78, 5) is 0. The maximum Gasteiger partial charge on any atom is 0.132 e. The van der Waals surface area contributed by atoms with Crippen molar-refractivity contribution in [3.63, 3.8) is 0 Å². The summed E-state index contributed by atoms with van der Waals surface area (Å²) in [5, 5.41) is 0.711. The quantitative estimate of drug-likeness (QED) is 0.866.